The molecule has 1 unspecified atom stereocenters. The SMILES string of the molecule is CCN1CCOC(Cn2ccc(=O)[nH]c2=S)C1. The molecular formula is C11H17N3O2S. The number of nitrogens with one attached hydrogen (secondary N) is 1. The maximum atomic E-state index is 11.1. The Morgan fingerprint density at radius 2 is 2.47 bits per heavy atom. The van der Waals surface area contributed by atoms with Crippen molar-refractivity contribution >= 4 is 12.2 Å². The van der Waals surface area contributed by atoms with Gasteiger partial charge in [-0.1, -0.05) is 6.92 Å². The van der Waals surface area contributed by atoms with E-state index < -0.39 is 0 Å². The first-order valence-corrected chi connectivity index (χ1v) is 6.23. The van der Waals surface area contributed by atoms with Gasteiger partial charge in [0.1, 0.15) is 0 Å². The molecule has 2 heterocycles. The number of morpholine rings is 1. The summed E-state index contributed by atoms with van der Waals surface area (Å²) >= 11 is 5.10. The van der Waals surface area contributed by atoms with Gasteiger partial charge in [0.2, 0.25) is 0 Å². The van der Waals surface area contributed by atoms with E-state index in [0.717, 1.165) is 26.2 Å². The molecule has 1 aliphatic heterocycles. The highest BCUT2D eigenvalue weighted by Crippen LogP contribution is 2.07. The van der Waals surface area contributed by atoms with E-state index in [9.17, 15) is 4.79 Å². The molecule has 2 rings (SSSR count). The van der Waals surface area contributed by atoms with E-state index in [0.29, 0.717) is 11.3 Å². The van der Waals surface area contributed by atoms with Gasteiger partial charge in [-0.2, -0.15) is 0 Å². The topological polar surface area (TPSA) is 50.3 Å². The number of hydrogen-bond acceptors (Lipinski definition) is 4. The Bertz CT molecular complexity index is 482. The van der Waals surface area contributed by atoms with Crippen molar-refractivity contribution in [3.8, 4) is 0 Å². The Labute approximate surface area is 105 Å². The van der Waals surface area contributed by atoms with Crippen LogP contribution < -0.4 is 5.56 Å². The van der Waals surface area contributed by atoms with Gasteiger partial charge in [0.25, 0.3) is 5.56 Å². The normalized spacial score (nSPS) is 21.6. The fraction of sp³-hybridized carbons (Fsp3) is 0.636. The maximum Gasteiger partial charge on any atom is 0.251 e. The Morgan fingerprint density at radius 3 is 3.18 bits per heavy atom. The van der Waals surface area contributed by atoms with Crippen LogP contribution in [0.15, 0.2) is 17.1 Å². The molecule has 0 spiro atoms. The van der Waals surface area contributed by atoms with Gasteiger partial charge in [0, 0.05) is 25.4 Å². The smallest absolute Gasteiger partial charge is 0.251 e. The third kappa shape index (κ3) is 3.24. The van der Waals surface area contributed by atoms with E-state index in [1.807, 2.05) is 4.57 Å². The second-order valence-electron chi connectivity index (χ2n) is 4.15. The minimum absolute atomic E-state index is 0.140. The summed E-state index contributed by atoms with van der Waals surface area (Å²) in [6, 6.07) is 1.48. The summed E-state index contributed by atoms with van der Waals surface area (Å²) in [7, 11) is 0. The zero-order valence-electron chi connectivity index (χ0n) is 9.89. The van der Waals surface area contributed by atoms with Crippen molar-refractivity contribution in [2.45, 2.75) is 19.6 Å². The lowest BCUT2D eigenvalue weighted by molar-refractivity contribution is -0.0346. The lowest BCUT2D eigenvalue weighted by Crippen LogP contribution is -2.44. The Morgan fingerprint density at radius 1 is 1.65 bits per heavy atom. The van der Waals surface area contributed by atoms with Crippen LogP contribution in [0.5, 0.6) is 0 Å². The van der Waals surface area contributed by atoms with Crippen molar-refractivity contribution < 1.29 is 4.74 Å². The van der Waals surface area contributed by atoms with E-state index in [2.05, 4.69) is 16.8 Å². The fourth-order valence-corrected chi connectivity index (χ4v) is 2.22. The molecule has 0 bridgehead atoms. The molecule has 1 aliphatic rings. The Balaban J connectivity index is 2.05. The van der Waals surface area contributed by atoms with Gasteiger partial charge < -0.3 is 9.30 Å². The number of H-pyrrole nitrogens is 1. The van der Waals surface area contributed by atoms with Crippen molar-refractivity contribution in [1.29, 1.82) is 0 Å². The summed E-state index contributed by atoms with van der Waals surface area (Å²) in [5.41, 5.74) is -0.161. The molecule has 1 atom stereocenters. The molecule has 0 amide bonds. The highest BCUT2D eigenvalue weighted by Gasteiger charge is 2.19. The second kappa shape index (κ2) is 5.57. The molecule has 0 aromatic carbocycles. The number of aromatic nitrogens is 2. The fourth-order valence-electron chi connectivity index (χ4n) is 1.99. The lowest BCUT2D eigenvalue weighted by atomic mass is 10.2. The van der Waals surface area contributed by atoms with Gasteiger partial charge in [0.15, 0.2) is 4.77 Å². The van der Waals surface area contributed by atoms with Crippen molar-refractivity contribution in [3.05, 3.63) is 27.4 Å². The van der Waals surface area contributed by atoms with Gasteiger partial charge >= 0.3 is 0 Å². The first kappa shape index (κ1) is 12.5. The third-order valence-corrected chi connectivity index (χ3v) is 3.30. The van der Waals surface area contributed by atoms with Crippen LogP contribution in [-0.2, 0) is 11.3 Å². The highest BCUT2D eigenvalue weighted by molar-refractivity contribution is 7.71. The molecule has 6 heteroatoms. The number of likely N-dealkylation sites (N-methyl/N-ethyl adjacent to an activating group) is 1. The van der Waals surface area contributed by atoms with Crippen molar-refractivity contribution in [2.75, 3.05) is 26.2 Å². The minimum atomic E-state index is -0.161. The average Bonchev–Trinajstić information content (AvgIpc) is 2.33. The Hall–Kier alpha value is -0.980. The molecule has 1 saturated heterocycles. The number of aromatic amines is 1. The second-order valence-corrected chi connectivity index (χ2v) is 4.54. The number of rotatable bonds is 3. The first-order valence-electron chi connectivity index (χ1n) is 5.82. The van der Waals surface area contributed by atoms with Crippen LogP contribution in [0.4, 0.5) is 0 Å². The molecule has 17 heavy (non-hydrogen) atoms. The van der Waals surface area contributed by atoms with E-state index in [4.69, 9.17) is 17.0 Å². The monoisotopic (exact) mass is 255 g/mol. The third-order valence-electron chi connectivity index (χ3n) is 2.97. The molecule has 1 aromatic rings. The van der Waals surface area contributed by atoms with Crippen molar-refractivity contribution in [1.82, 2.24) is 14.5 Å². The standard InChI is InChI=1S/C11H17N3O2S/c1-2-13-5-6-16-9(7-13)8-14-4-3-10(15)12-11(14)17/h3-4,9H,2,5-8H2,1H3,(H,12,15,17). The van der Waals surface area contributed by atoms with E-state index >= 15 is 0 Å². The molecule has 1 N–H and O–H groups in total. The minimum Gasteiger partial charge on any atom is -0.374 e. The van der Waals surface area contributed by atoms with Crippen molar-refractivity contribution in [3.63, 3.8) is 0 Å². The van der Waals surface area contributed by atoms with Crippen LogP contribution in [0, 0.1) is 4.77 Å². The molecule has 0 radical (unpaired) electrons. The quantitative estimate of drug-likeness (QED) is 0.805. The zero-order valence-corrected chi connectivity index (χ0v) is 10.7. The summed E-state index contributed by atoms with van der Waals surface area (Å²) < 4.78 is 8.00. The maximum absolute atomic E-state index is 11.1. The summed E-state index contributed by atoms with van der Waals surface area (Å²) in [4.78, 5) is 16.0. The number of nitrogens with zero attached hydrogens (tertiary/aromatic N) is 2. The van der Waals surface area contributed by atoms with Gasteiger partial charge in [-0.05, 0) is 18.8 Å². The van der Waals surface area contributed by atoms with Crippen LogP contribution in [0.25, 0.3) is 0 Å². The molecule has 0 saturated carbocycles. The van der Waals surface area contributed by atoms with Crippen LogP contribution in [0.3, 0.4) is 0 Å². The summed E-state index contributed by atoms with van der Waals surface area (Å²) in [5, 5.41) is 0. The lowest BCUT2D eigenvalue weighted by Gasteiger charge is -2.32. The van der Waals surface area contributed by atoms with Crippen molar-refractivity contribution in [2.24, 2.45) is 0 Å². The van der Waals surface area contributed by atoms with Crippen LogP contribution >= 0.6 is 12.2 Å². The highest BCUT2D eigenvalue weighted by atomic mass is 32.1. The number of hydrogen-bond donors (Lipinski definition) is 1. The summed E-state index contributed by atoms with van der Waals surface area (Å²) in [6.45, 7) is 6.54. The molecule has 94 valence electrons. The number of ether oxygens (including phenoxy) is 1. The molecule has 1 aromatic heterocycles. The summed E-state index contributed by atoms with van der Waals surface area (Å²) in [5.74, 6) is 0. The van der Waals surface area contributed by atoms with Gasteiger partial charge in [-0.25, -0.2) is 0 Å². The van der Waals surface area contributed by atoms with Crippen LogP contribution in [0.1, 0.15) is 6.92 Å². The van der Waals surface area contributed by atoms with Gasteiger partial charge in [0.05, 0.1) is 19.3 Å². The van der Waals surface area contributed by atoms with Gasteiger partial charge in [-0.3, -0.25) is 14.7 Å². The van der Waals surface area contributed by atoms with Crippen LogP contribution in [-0.4, -0.2) is 46.8 Å². The van der Waals surface area contributed by atoms with E-state index in [1.54, 1.807) is 6.20 Å². The summed E-state index contributed by atoms with van der Waals surface area (Å²) in [6.07, 6.45) is 1.86. The zero-order chi connectivity index (χ0) is 12.3. The molecular weight excluding hydrogens is 238 g/mol. The van der Waals surface area contributed by atoms with Crippen LogP contribution in [0.2, 0.25) is 0 Å². The van der Waals surface area contributed by atoms with E-state index in [1.165, 1.54) is 6.07 Å². The van der Waals surface area contributed by atoms with E-state index in [-0.39, 0.29) is 11.7 Å². The largest absolute Gasteiger partial charge is 0.374 e. The molecule has 1 fully saturated rings. The average molecular weight is 255 g/mol. The Kier molecular flexibility index (Phi) is 4.09. The molecule has 5 nitrogen and oxygen atoms in total. The molecule has 0 aliphatic carbocycles. The first-order chi connectivity index (χ1) is 8.19. The van der Waals surface area contributed by atoms with Gasteiger partial charge in [-0.15, -0.1) is 0 Å². The predicted octanol–water partition coefficient (Wildman–Crippen LogP) is 0.627. The predicted molar refractivity (Wildman–Crippen MR) is 67.7 cm³/mol.